The van der Waals surface area contributed by atoms with Gasteiger partial charge < -0.3 is 11.1 Å². The molecule has 0 radical (unpaired) electrons. The zero-order chi connectivity index (χ0) is 16.7. The molecule has 23 heavy (non-hydrogen) atoms. The number of hydrogen-bond donors (Lipinski definition) is 3. The van der Waals surface area contributed by atoms with E-state index in [1.165, 1.54) is 11.3 Å². The molecule has 1 aromatic heterocycles. The number of hydrogen-bond acceptors (Lipinski definition) is 5. The zero-order valence-corrected chi connectivity index (χ0v) is 14.5. The zero-order valence-electron chi connectivity index (χ0n) is 13.7. The van der Waals surface area contributed by atoms with E-state index >= 15 is 0 Å². The van der Waals surface area contributed by atoms with E-state index in [0.29, 0.717) is 10.7 Å². The molecule has 0 saturated carbocycles. The summed E-state index contributed by atoms with van der Waals surface area (Å²) in [5, 5.41) is 6.86. The smallest absolute Gasteiger partial charge is 0.259 e. The Balaban J connectivity index is 1.99. The number of aromatic nitrogens is 1. The fourth-order valence-corrected chi connectivity index (χ4v) is 3.00. The highest BCUT2D eigenvalue weighted by Crippen LogP contribution is 2.23. The summed E-state index contributed by atoms with van der Waals surface area (Å²) < 4.78 is 0. The van der Waals surface area contributed by atoms with Crippen LogP contribution in [-0.4, -0.2) is 24.0 Å². The molecule has 0 aliphatic heterocycles. The molecule has 0 atom stereocenters. The lowest BCUT2D eigenvalue weighted by Gasteiger charge is -2.11. The van der Waals surface area contributed by atoms with Gasteiger partial charge in [-0.2, -0.15) is 0 Å². The van der Waals surface area contributed by atoms with Gasteiger partial charge in [0.1, 0.15) is 0 Å². The monoisotopic (exact) mass is 332 g/mol. The van der Waals surface area contributed by atoms with Gasteiger partial charge in [0.2, 0.25) is 0 Å². The second-order valence-electron chi connectivity index (χ2n) is 5.44. The van der Waals surface area contributed by atoms with Crippen molar-refractivity contribution in [1.29, 1.82) is 0 Å². The molecule has 0 aliphatic carbocycles. The molecule has 1 amide bonds. The maximum Gasteiger partial charge on any atom is 0.259 e. The number of carbonyl (C=O) groups is 1. The minimum Gasteiger partial charge on any atom is -0.384 e. The highest BCUT2D eigenvalue weighted by atomic mass is 32.1. The number of anilines is 2. The molecule has 124 valence electrons. The summed E-state index contributed by atoms with van der Waals surface area (Å²) in [5.41, 5.74) is 7.93. The number of aryl methyl sites for hydroxylation is 2. The standard InChI is InChI=1S/C17H24N4OS/c1-12-13(2)23-17(20-12)21-16(22)14-8-4-5-9-15(14)19-11-7-3-6-10-18/h4-5,8-9,19H,3,6-7,10-11,18H2,1-2H3,(H,20,21,22). The SMILES string of the molecule is Cc1nc(NC(=O)c2ccccc2NCCCCCN)sc1C. The molecule has 5 nitrogen and oxygen atoms in total. The van der Waals surface area contributed by atoms with Gasteiger partial charge in [-0.25, -0.2) is 4.98 Å². The van der Waals surface area contributed by atoms with Crippen LogP contribution in [0.25, 0.3) is 0 Å². The lowest BCUT2D eigenvalue weighted by atomic mass is 10.1. The summed E-state index contributed by atoms with van der Waals surface area (Å²) in [7, 11) is 0. The van der Waals surface area contributed by atoms with Gasteiger partial charge in [-0.05, 0) is 45.4 Å². The number of benzene rings is 1. The van der Waals surface area contributed by atoms with E-state index in [0.717, 1.165) is 48.6 Å². The first-order chi connectivity index (χ1) is 11.1. The Morgan fingerprint density at radius 2 is 2.00 bits per heavy atom. The number of nitrogens with zero attached hydrogens (tertiary/aromatic N) is 1. The van der Waals surface area contributed by atoms with Crippen LogP contribution in [0, 0.1) is 13.8 Å². The van der Waals surface area contributed by atoms with Gasteiger partial charge in [-0.1, -0.05) is 18.6 Å². The highest BCUT2D eigenvalue weighted by Gasteiger charge is 2.13. The van der Waals surface area contributed by atoms with Crippen molar-refractivity contribution in [2.24, 2.45) is 5.73 Å². The summed E-state index contributed by atoms with van der Waals surface area (Å²) in [6.07, 6.45) is 3.17. The summed E-state index contributed by atoms with van der Waals surface area (Å²) in [6, 6.07) is 7.55. The molecule has 0 fully saturated rings. The third-order valence-electron chi connectivity index (χ3n) is 3.62. The predicted molar refractivity (Wildman–Crippen MR) is 97.4 cm³/mol. The molecule has 4 N–H and O–H groups in total. The summed E-state index contributed by atoms with van der Waals surface area (Å²) in [4.78, 5) is 18.0. The van der Waals surface area contributed by atoms with E-state index in [4.69, 9.17) is 5.73 Å². The maximum atomic E-state index is 12.5. The van der Waals surface area contributed by atoms with Gasteiger partial charge >= 0.3 is 0 Å². The molecule has 2 aromatic rings. The van der Waals surface area contributed by atoms with Crippen molar-refractivity contribution in [1.82, 2.24) is 4.98 Å². The van der Waals surface area contributed by atoms with Crippen molar-refractivity contribution < 1.29 is 4.79 Å². The van der Waals surface area contributed by atoms with E-state index in [2.05, 4.69) is 15.6 Å². The van der Waals surface area contributed by atoms with E-state index in [1.54, 1.807) is 0 Å². The molecule has 0 unspecified atom stereocenters. The molecular formula is C17H24N4OS. The van der Waals surface area contributed by atoms with Gasteiger partial charge in [0.05, 0.1) is 11.3 Å². The van der Waals surface area contributed by atoms with Crippen LogP contribution in [0.5, 0.6) is 0 Å². The van der Waals surface area contributed by atoms with Gasteiger partial charge in [0, 0.05) is 17.1 Å². The first-order valence-electron chi connectivity index (χ1n) is 7.90. The first kappa shape index (κ1) is 17.4. The lowest BCUT2D eigenvalue weighted by Crippen LogP contribution is -2.15. The number of para-hydroxylation sites is 1. The van der Waals surface area contributed by atoms with Crippen LogP contribution in [0.15, 0.2) is 24.3 Å². The largest absolute Gasteiger partial charge is 0.384 e. The Hall–Kier alpha value is -1.92. The van der Waals surface area contributed by atoms with Gasteiger partial charge in [0.25, 0.3) is 5.91 Å². The molecule has 6 heteroatoms. The second-order valence-corrected chi connectivity index (χ2v) is 6.64. The molecule has 1 heterocycles. The van der Waals surface area contributed by atoms with Crippen molar-refractivity contribution in [3.8, 4) is 0 Å². The van der Waals surface area contributed by atoms with Gasteiger partial charge in [-0.3, -0.25) is 10.1 Å². The van der Waals surface area contributed by atoms with Crippen LogP contribution in [0.2, 0.25) is 0 Å². The molecule has 2 rings (SSSR count). The van der Waals surface area contributed by atoms with Crippen molar-refractivity contribution in [3.05, 3.63) is 40.4 Å². The average Bonchev–Trinajstić information content (AvgIpc) is 2.85. The Morgan fingerprint density at radius 1 is 1.22 bits per heavy atom. The van der Waals surface area contributed by atoms with Crippen LogP contribution in [0.3, 0.4) is 0 Å². The van der Waals surface area contributed by atoms with Crippen LogP contribution in [0.4, 0.5) is 10.8 Å². The highest BCUT2D eigenvalue weighted by molar-refractivity contribution is 7.15. The lowest BCUT2D eigenvalue weighted by molar-refractivity contribution is 0.102. The first-order valence-corrected chi connectivity index (χ1v) is 8.72. The number of thiazole rings is 1. The fraction of sp³-hybridized carbons (Fsp3) is 0.412. The Morgan fingerprint density at radius 3 is 2.70 bits per heavy atom. The number of amides is 1. The number of carbonyl (C=O) groups excluding carboxylic acids is 1. The minimum atomic E-state index is -0.135. The minimum absolute atomic E-state index is 0.135. The van der Waals surface area contributed by atoms with Crippen LogP contribution < -0.4 is 16.4 Å². The summed E-state index contributed by atoms with van der Waals surface area (Å²) in [5.74, 6) is -0.135. The summed E-state index contributed by atoms with van der Waals surface area (Å²) >= 11 is 1.49. The van der Waals surface area contributed by atoms with E-state index in [-0.39, 0.29) is 5.91 Å². The normalized spacial score (nSPS) is 10.6. The van der Waals surface area contributed by atoms with E-state index in [1.807, 2.05) is 38.1 Å². The fourth-order valence-electron chi connectivity index (χ4n) is 2.20. The van der Waals surface area contributed by atoms with Crippen molar-refractivity contribution in [3.63, 3.8) is 0 Å². The average molecular weight is 332 g/mol. The van der Waals surface area contributed by atoms with Crippen molar-refractivity contribution in [2.45, 2.75) is 33.1 Å². The van der Waals surface area contributed by atoms with Crippen LogP contribution in [-0.2, 0) is 0 Å². The third kappa shape index (κ3) is 5.04. The Kier molecular flexibility index (Phi) is 6.55. The molecule has 0 bridgehead atoms. The Labute approximate surface area is 141 Å². The second kappa shape index (κ2) is 8.64. The van der Waals surface area contributed by atoms with Crippen LogP contribution >= 0.6 is 11.3 Å². The molecule has 0 aliphatic rings. The summed E-state index contributed by atoms with van der Waals surface area (Å²) in [6.45, 7) is 5.50. The van der Waals surface area contributed by atoms with Gasteiger partial charge in [0.15, 0.2) is 5.13 Å². The number of rotatable bonds is 8. The van der Waals surface area contributed by atoms with Gasteiger partial charge in [-0.15, -0.1) is 11.3 Å². The van der Waals surface area contributed by atoms with Crippen molar-refractivity contribution in [2.75, 3.05) is 23.7 Å². The quantitative estimate of drug-likeness (QED) is 0.646. The number of unbranched alkanes of at least 4 members (excludes halogenated alkanes) is 2. The molecule has 0 spiro atoms. The topological polar surface area (TPSA) is 80.0 Å². The predicted octanol–water partition coefficient (Wildman–Crippen LogP) is 3.55. The Bertz CT molecular complexity index is 634. The molecule has 0 saturated heterocycles. The number of nitrogens with two attached hydrogens (primary N) is 1. The van der Waals surface area contributed by atoms with Crippen LogP contribution in [0.1, 0.15) is 40.2 Å². The van der Waals surface area contributed by atoms with Crippen molar-refractivity contribution >= 4 is 28.1 Å². The van der Waals surface area contributed by atoms with E-state index in [9.17, 15) is 4.79 Å². The third-order valence-corrected chi connectivity index (χ3v) is 4.61. The molecule has 1 aromatic carbocycles. The van der Waals surface area contributed by atoms with E-state index < -0.39 is 0 Å². The number of nitrogens with one attached hydrogen (secondary N) is 2. The maximum absolute atomic E-state index is 12.5. The molecular weight excluding hydrogens is 308 g/mol.